The molecule has 0 aliphatic heterocycles. The molecule has 332 valence electrons. The molecule has 8 aromatic carbocycles. The van der Waals surface area contributed by atoms with Crippen LogP contribution in [0.4, 0.5) is 42.9 Å². The van der Waals surface area contributed by atoms with Crippen molar-refractivity contribution in [1.29, 1.82) is 0 Å². The lowest BCUT2D eigenvalue weighted by Gasteiger charge is -2.26. The van der Waals surface area contributed by atoms with Gasteiger partial charge in [0.05, 0.1) is 22.8 Å². The highest BCUT2D eigenvalue weighted by molar-refractivity contribution is 5.91. The zero-order chi connectivity index (χ0) is 47.0. The predicted molar refractivity (Wildman–Crippen MR) is 272 cm³/mol. The Morgan fingerprint density at radius 3 is 0.657 bits per heavy atom. The molecule has 0 N–H and O–H groups in total. The maximum Gasteiger partial charge on any atom is 0.202 e. The number of hydrogen-bond acceptors (Lipinski definition) is 10. The summed E-state index contributed by atoms with van der Waals surface area (Å²) >= 11 is 0. The van der Waals surface area contributed by atoms with Crippen LogP contribution in [0, 0.1) is 11.6 Å². The number of aromatic nitrogens is 8. The van der Waals surface area contributed by atoms with Crippen molar-refractivity contribution in [2.75, 3.05) is 9.80 Å². The number of rotatable bonds is 10. The van der Waals surface area contributed by atoms with Crippen LogP contribution in [-0.4, -0.2) is 39.9 Å². The third-order valence-corrected chi connectivity index (χ3v) is 11.9. The SMILES string of the molecule is Fc1ccc(-c2nc3nc4nc5nc(-c6ccc(N(c7ccccc7)c7ccccc7)cc6)c(-c6ccc(N(c7ccccc7)c7ccccc7)cc6)nc5nc4nc3nc2-c2ccc(F)cc2)cc1. The van der Waals surface area contributed by atoms with E-state index < -0.39 is 11.6 Å². The van der Waals surface area contributed by atoms with Crippen LogP contribution >= 0.6 is 0 Å². The number of nitrogens with zero attached hydrogens (tertiary/aromatic N) is 10. The van der Waals surface area contributed by atoms with Gasteiger partial charge in [0.1, 0.15) is 11.6 Å². The van der Waals surface area contributed by atoms with Crippen molar-refractivity contribution in [2.24, 2.45) is 0 Å². The fourth-order valence-corrected chi connectivity index (χ4v) is 8.55. The first-order chi connectivity index (χ1) is 34.5. The second-order valence-electron chi connectivity index (χ2n) is 16.4. The monoisotopic (exact) mass is 910 g/mol. The van der Waals surface area contributed by atoms with Crippen molar-refractivity contribution < 1.29 is 8.78 Å². The zero-order valence-electron chi connectivity index (χ0n) is 37.0. The van der Waals surface area contributed by atoms with E-state index in [0.717, 1.165) is 45.3 Å². The molecule has 4 heterocycles. The summed E-state index contributed by atoms with van der Waals surface area (Å²) in [5.41, 5.74) is 12.0. The van der Waals surface area contributed by atoms with E-state index in [0.29, 0.717) is 33.9 Å². The summed E-state index contributed by atoms with van der Waals surface area (Å²) in [6, 6.07) is 69.2. The quantitative estimate of drug-likeness (QED) is 0.123. The summed E-state index contributed by atoms with van der Waals surface area (Å²) in [5.74, 6) is -0.797. The third-order valence-electron chi connectivity index (χ3n) is 11.9. The fraction of sp³-hybridized carbons (Fsp3) is 0. The number of benzene rings is 8. The van der Waals surface area contributed by atoms with Crippen molar-refractivity contribution in [3.05, 3.63) is 230 Å². The lowest BCUT2D eigenvalue weighted by atomic mass is 10.0. The first-order valence-electron chi connectivity index (χ1n) is 22.5. The lowest BCUT2D eigenvalue weighted by molar-refractivity contribution is 0.627. The number of para-hydroxylation sites is 4. The van der Waals surface area contributed by atoms with Crippen LogP contribution < -0.4 is 9.80 Å². The highest BCUT2D eigenvalue weighted by Crippen LogP contribution is 2.40. The molecule has 0 aliphatic carbocycles. The van der Waals surface area contributed by atoms with Gasteiger partial charge in [0.15, 0.2) is 0 Å². The average Bonchev–Trinajstić information content (AvgIpc) is 3.41. The van der Waals surface area contributed by atoms with Gasteiger partial charge in [-0.05, 0) is 121 Å². The van der Waals surface area contributed by atoms with Crippen LogP contribution in [0.15, 0.2) is 218 Å². The second kappa shape index (κ2) is 17.8. The Hall–Kier alpha value is -9.68. The Morgan fingerprint density at radius 1 is 0.214 bits per heavy atom. The molecule has 0 aliphatic rings. The Bertz CT molecular complexity index is 3480. The molecule has 10 nitrogen and oxygen atoms in total. The van der Waals surface area contributed by atoms with Crippen LogP contribution in [0.3, 0.4) is 0 Å². The molecular formula is C58H36F2N10. The predicted octanol–water partition coefficient (Wildman–Crippen LogP) is 14.2. The van der Waals surface area contributed by atoms with E-state index in [1.54, 1.807) is 24.3 Å². The number of halogens is 2. The van der Waals surface area contributed by atoms with Crippen molar-refractivity contribution in [1.82, 2.24) is 39.9 Å². The Kier molecular flexibility index (Phi) is 10.6. The van der Waals surface area contributed by atoms with E-state index in [4.69, 9.17) is 39.9 Å². The summed E-state index contributed by atoms with van der Waals surface area (Å²) in [5, 5.41) is 0. The lowest BCUT2D eigenvalue weighted by Crippen LogP contribution is -2.09. The second-order valence-corrected chi connectivity index (χ2v) is 16.4. The molecule has 0 amide bonds. The van der Waals surface area contributed by atoms with Gasteiger partial charge in [0.25, 0.3) is 0 Å². The van der Waals surface area contributed by atoms with Gasteiger partial charge >= 0.3 is 0 Å². The minimum absolute atomic E-state index is 0.185. The van der Waals surface area contributed by atoms with Crippen LogP contribution in [0.25, 0.3) is 78.9 Å². The summed E-state index contributed by atoms with van der Waals surface area (Å²) < 4.78 is 28.2. The maximum absolute atomic E-state index is 14.1. The van der Waals surface area contributed by atoms with Crippen LogP contribution in [-0.2, 0) is 0 Å². The normalized spacial score (nSPS) is 11.3. The summed E-state index contributed by atoms with van der Waals surface area (Å²) in [4.78, 5) is 44.0. The standard InChI is InChI=1S/C58H36F2N10/c59-41-29-21-37(22-30-41)49-50(38-23-31-42(60)32-24-38)62-54-53(61-49)65-57-58(66-54)68-56-55(67-57)63-51(39-25-33-47(34-26-39)69(43-13-5-1-6-14-43)44-15-7-2-8-16-44)52(64-56)40-27-35-48(36-28-40)70(45-17-9-3-10-18-45)46-19-11-4-12-20-46/h1-36H. The molecule has 12 rings (SSSR count). The summed E-state index contributed by atoms with van der Waals surface area (Å²) in [7, 11) is 0. The Morgan fingerprint density at radius 2 is 0.414 bits per heavy atom. The highest BCUT2D eigenvalue weighted by atomic mass is 19.1. The summed E-state index contributed by atoms with van der Waals surface area (Å²) in [6.07, 6.45) is 0. The largest absolute Gasteiger partial charge is 0.311 e. The molecule has 0 fully saturated rings. The van der Waals surface area contributed by atoms with E-state index in [9.17, 15) is 8.78 Å². The van der Waals surface area contributed by atoms with Gasteiger partial charge in [-0.3, -0.25) is 0 Å². The van der Waals surface area contributed by atoms with Gasteiger partial charge in [-0.1, -0.05) is 97.1 Å². The maximum atomic E-state index is 14.1. The minimum Gasteiger partial charge on any atom is -0.311 e. The van der Waals surface area contributed by atoms with Crippen LogP contribution in [0.1, 0.15) is 0 Å². The zero-order valence-corrected chi connectivity index (χ0v) is 37.0. The van der Waals surface area contributed by atoms with E-state index in [1.807, 2.05) is 97.1 Å². The molecule has 0 atom stereocenters. The van der Waals surface area contributed by atoms with Crippen molar-refractivity contribution in [3.63, 3.8) is 0 Å². The average molecular weight is 911 g/mol. The van der Waals surface area contributed by atoms with Gasteiger partial charge in [0, 0.05) is 56.4 Å². The van der Waals surface area contributed by atoms with E-state index in [2.05, 4.69) is 82.6 Å². The molecule has 0 spiro atoms. The van der Waals surface area contributed by atoms with Gasteiger partial charge < -0.3 is 9.80 Å². The van der Waals surface area contributed by atoms with Crippen molar-refractivity contribution in [3.8, 4) is 45.0 Å². The number of hydrogen-bond donors (Lipinski definition) is 0. The van der Waals surface area contributed by atoms with E-state index >= 15 is 0 Å². The molecule has 12 heteroatoms. The molecule has 0 unspecified atom stereocenters. The van der Waals surface area contributed by atoms with E-state index in [-0.39, 0.29) is 33.9 Å². The van der Waals surface area contributed by atoms with Crippen molar-refractivity contribution in [2.45, 2.75) is 0 Å². The molecule has 70 heavy (non-hydrogen) atoms. The van der Waals surface area contributed by atoms with Gasteiger partial charge in [-0.15, -0.1) is 0 Å². The molecule has 0 radical (unpaired) electrons. The Labute approximate surface area is 400 Å². The topological polar surface area (TPSA) is 110 Å². The highest BCUT2D eigenvalue weighted by Gasteiger charge is 2.22. The number of fused-ring (bicyclic) bond motifs is 3. The molecule has 0 saturated heterocycles. The Balaban J connectivity index is 1.02. The smallest absolute Gasteiger partial charge is 0.202 e. The summed E-state index contributed by atoms with van der Waals surface area (Å²) in [6.45, 7) is 0. The fourth-order valence-electron chi connectivity index (χ4n) is 8.55. The van der Waals surface area contributed by atoms with Gasteiger partial charge in [-0.25, -0.2) is 48.7 Å². The number of anilines is 6. The van der Waals surface area contributed by atoms with Crippen LogP contribution in [0.2, 0.25) is 0 Å². The van der Waals surface area contributed by atoms with Crippen LogP contribution in [0.5, 0.6) is 0 Å². The molecule has 4 aromatic heterocycles. The van der Waals surface area contributed by atoms with Gasteiger partial charge in [-0.2, -0.15) is 0 Å². The third kappa shape index (κ3) is 8.05. The molecule has 0 saturated carbocycles. The molecule has 0 bridgehead atoms. The minimum atomic E-state index is -0.399. The van der Waals surface area contributed by atoms with Crippen molar-refractivity contribution >= 4 is 68.0 Å². The molecular weight excluding hydrogens is 875 g/mol. The first kappa shape index (κ1) is 41.7. The van der Waals surface area contributed by atoms with E-state index in [1.165, 1.54) is 24.3 Å². The molecule has 12 aromatic rings. The first-order valence-corrected chi connectivity index (χ1v) is 22.5. The van der Waals surface area contributed by atoms with Gasteiger partial charge in [0.2, 0.25) is 33.9 Å².